The van der Waals surface area contributed by atoms with Gasteiger partial charge in [-0.25, -0.2) is 0 Å². The van der Waals surface area contributed by atoms with Crippen molar-refractivity contribution in [2.75, 3.05) is 7.11 Å². The Morgan fingerprint density at radius 1 is 1.00 bits per heavy atom. The van der Waals surface area contributed by atoms with E-state index in [0.29, 0.717) is 11.8 Å². The third kappa shape index (κ3) is 5.80. The number of nitrogens with two attached hydrogens (primary N) is 1. The van der Waals surface area contributed by atoms with Crippen molar-refractivity contribution in [1.82, 2.24) is 0 Å². The Morgan fingerprint density at radius 2 is 1.42 bits per heavy atom. The molecule has 0 aromatic carbocycles. The molecule has 3 atom stereocenters. The zero-order chi connectivity index (χ0) is 15.4. The second-order valence-electron chi connectivity index (χ2n) is 7.79. The molecule has 0 rings (SSSR count). The molecular formula is C16H35NO2. The van der Waals surface area contributed by atoms with Crippen molar-refractivity contribution < 1.29 is 9.84 Å². The van der Waals surface area contributed by atoms with E-state index in [9.17, 15) is 5.11 Å². The van der Waals surface area contributed by atoms with Crippen molar-refractivity contribution in [2.45, 2.75) is 79.1 Å². The number of aliphatic hydroxyl groups excluding tert-OH is 1. The maximum atomic E-state index is 10.7. The molecule has 3 heteroatoms. The highest BCUT2D eigenvalue weighted by Crippen LogP contribution is 2.36. The van der Waals surface area contributed by atoms with Gasteiger partial charge in [-0.1, -0.05) is 41.5 Å². The van der Waals surface area contributed by atoms with Gasteiger partial charge in [-0.15, -0.1) is 0 Å². The topological polar surface area (TPSA) is 55.5 Å². The lowest BCUT2D eigenvalue weighted by Gasteiger charge is -2.44. The van der Waals surface area contributed by atoms with Gasteiger partial charge >= 0.3 is 0 Å². The van der Waals surface area contributed by atoms with Crippen LogP contribution in [0.3, 0.4) is 0 Å². The highest BCUT2D eigenvalue weighted by atomic mass is 16.5. The van der Waals surface area contributed by atoms with Crippen LogP contribution in [-0.4, -0.2) is 30.0 Å². The maximum absolute atomic E-state index is 10.7. The Kier molecular flexibility index (Phi) is 7.01. The first-order valence-electron chi connectivity index (χ1n) is 7.43. The SMILES string of the molecule is COC(C(O)C(C)(N)CC(C)C)C(C)(C)CC(C)C. The van der Waals surface area contributed by atoms with Crippen molar-refractivity contribution >= 4 is 0 Å². The second-order valence-corrected chi connectivity index (χ2v) is 7.79. The molecule has 0 amide bonds. The monoisotopic (exact) mass is 273 g/mol. The predicted octanol–water partition coefficient (Wildman–Crippen LogP) is 3.20. The minimum atomic E-state index is -0.659. The highest BCUT2D eigenvalue weighted by Gasteiger charge is 2.43. The van der Waals surface area contributed by atoms with Crippen LogP contribution in [0, 0.1) is 17.3 Å². The fourth-order valence-electron chi connectivity index (χ4n) is 3.39. The molecule has 0 aromatic heterocycles. The van der Waals surface area contributed by atoms with E-state index in [-0.39, 0.29) is 11.5 Å². The molecule has 0 saturated heterocycles. The van der Waals surface area contributed by atoms with Gasteiger partial charge in [0.25, 0.3) is 0 Å². The van der Waals surface area contributed by atoms with Gasteiger partial charge in [-0.05, 0) is 37.0 Å². The summed E-state index contributed by atoms with van der Waals surface area (Å²) < 4.78 is 5.62. The van der Waals surface area contributed by atoms with Crippen LogP contribution < -0.4 is 5.73 Å². The standard InChI is InChI=1S/C16H35NO2/c1-11(2)9-15(5,6)14(19-8)13(18)16(7,17)10-12(3)4/h11-14,18H,9-10,17H2,1-8H3. The van der Waals surface area contributed by atoms with Crippen LogP contribution in [0.5, 0.6) is 0 Å². The van der Waals surface area contributed by atoms with Gasteiger partial charge in [0.05, 0.1) is 12.2 Å². The molecule has 0 fully saturated rings. The van der Waals surface area contributed by atoms with Gasteiger partial charge < -0.3 is 15.6 Å². The Labute approximate surface area is 119 Å². The van der Waals surface area contributed by atoms with E-state index in [1.54, 1.807) is 7.11 Å². The van der Waals surface area contributed by atoms with Crippen molar-refractivity contribution in [3.05, 3.63) is 0 Å². The lowest BCUT2D eigenvalue weighted by Crippen LogP contribution is -2.58. The van der Waals surface area contributed by atoms with E-state index in [0.717, 1.165) is 12.8 Å². The predicted molar refractivity (Wildman–Crippen MR) is 82.1 cm³/mol. The first-order chi connectivity index (χ1) is 8.44. The normalized spacial score (nSPS) is 19.6. The molecule has 0 aliphatic heterocycles. The van der Waals surface area contributed by atoms with Gasteiger partial charge in [-0.2, -0.15) is 0 Å². The molecule has 0 aromatic rings. The van der Waals surface area contributed by atoms with Crippen LogP contribution in [0.1, 0.15) is 61.3 Å². The van der Waals surface area contributed by atoms with Crippen LogP contribution in [0.4, 0.5) is 0 Å². The van der Waals surface area contributed by atoms with Gasteiger partial charge in [0.2, 0.25) is 0 Å². The number of ether oxygens (including phenoxy) is 1. The Balaban J connectivity index is 5.03. The molecule has 0 aliphatic carbocycles. The molecule has 19 heavy (non-hydrogen) atoms. The summed E-state index contributed by atoms with van der Waals surface area (Å²) in [6.45, 7) is 14.9. The van der Waals surface area contributed by atoms with Gasteiger partial charge in [0, 0.05) is 12.6 Å². The van der Waals surface area contributed by atoms with Crippen molar-refractivity contribution in [3.63, 3.8) is 0 Å². The maximum Gasteiger partial charge on any atom is 0.0983 e. The molecule has 0 heterocycles. The van der Waals surface area contributed by atoms with Crippen LogP contribution in [0.25, 0.3) is 0 Å². The fourth-order valence-corrected chi connectivity index (χ4v) is 3.39. The van der Waals surface area contributed by atoms with E-state index in [4.69, 9.17) is 10.5 Å². The van der Waals surface area contributed by atoms with E-state index >= 15 is 0 Å². The molecule has 3 N–H and O–H groups in total. The molecule has 0 bridgehead atoms. The number of hydrogen-bond acceptors (Lipinski definition) is 3. The van der Waals surface area contributed by atoms with Crippen LogP contribution in [-0.2, 0) is 4.74 Å². The second kappa shape index (κ2) is 7.05. The average Bonchev–Trinajstić information content (AvgIpc) is 2.13. The van der Waals surface area contributed by atoms with Crippen LogP contribution >= 0.6 is 0 Å². The third-order valence-electron chi connectivity index (χ3n) is 3.77. The number of methoxy groups -OCH3 is 1. The van der Waals surface area contributed by atoms with Crippen molar-refractivity contribution in [1.29, 1.82) is 0 Å². The van der Waals surface area contributed by atoms with E-state index in [1.807, 2.05) is 6.92 Å². The smallest absolute Gasteiger partial charge is 0.0983 e. The summed E-state index contributed by atoms with van der Waals surface area (Å²) in [5, 5.41) is 10.7. The van der Waals surface area contributed by atoms with E-state index in [1.165, 1.54) is 0 Å². The molecule has 116 valence electrons. The summed E-state index contributed by atoms with van der Waals surface area (Å²) in [5.74, 6) is 1.02. The molecule has 0 spiro atoms. The Hall–Kier alpha value is -0.120. The summed E-state index contributed by atoms with van der Waals surface area (Å²) in [4.78, 5) is 0. The van der Waals surface area contributed by atoms with Gasteiger partial charge in [0.15, 0.2) is 0 Å². The lowest BCUT2D eigenvalue weighted by molar-refractivity contribution is -0.110. The van der Waals surface area contributed by atoms with Gasteiger partial charge in [0.1, 0.15) is 0 Å². The molecule has 3 nitrogen and oxygen atoms in total. The Bertz CT molecular complexity index is 259. The number of aliphatic hydroxyl groups is 1. The van der Waals surface area contributed by atoms with Gasteiger partial charge in [-0.3, -0.25) is 0 Å². The highest BCUT2D eigenvalue weighted by molar-refractivity contribution is 4.97. The molecule has 3 unspecified atom stereocenters. The minimum Gasteiger partial charge on any atom is -0.388 e. The minimum absolute atomic E-state index is 0.0973. The summed E-state index contributed by atoms with van der Waals surface area (Å²) in [5.41, 5.74) is 5.62. The molecule has 0 radical (unpaired) electrons. The summed E-state index contributed by atoms with van der Waals surface area (Å²) in [6.07, 6.45) is 0.879. The largest absolute Gasteiger partial charge is 0.388 e. The molecule has 0 aliphatic rings. The summed E-state index contributed by atoms with van der Waals surface area (Å²) in [6, 6.07) is 0. The first kappa shape index (κ1) is 18.9. The zero-order valence-corrected chi connectivity index (χ0v) is 14.2. The molecular weight excluding hydrogens is 238 g/mol. The quantitative estimate of drug-likeness (QED) is 0.714. The lowest BCUT2D eigenvalue weighted by atomic mass is 9.72. The van der Waals surface area contributed by atoms with Crippen molar-refractivity contribution in [2.24, 2.45) is 23.0 Å². The summed E-state index contributed by atoms with van der Waals surface area (Å²) in [7, 11) is 1.67. The zero-order valence-electron chi connectivity index (χ0n) is 14.2. The third-order valence-corrected chi connectivity index (χ3v) is 3.77. The van der Waals surface area contributed by atoms with Crippen LogP contribution in [0.2, 0.25) is 0 Å². The number of rotatable bonds is 8. The van der Waals surface area contributed by atoms with Crippen LogP contribution in [0.15, 0.2) is 0 Å². The average molecular weight is 273 g/mol. The Morgan fingerprint density at radius 3 is 1.74 bits per heavy atom. The van der Waals surface area contributed by atoms with Crippen molar-refractivity contribution in [3.8, 4) is 0 Å². The number of hydrogen-bond donors (Lipinski definition) is 2. The first-order valence-corrected chi connectivity index (χ1v) is 7.43. The molecule has 0 saturated carbocycles. The summed E-state index contributed by atoms with van der Waals surface area (Å²) >= 11 is 0. The van der Waals surface area contributed by atoms with E-state index < -0.39 is 11.6 Å². The van der Waals surface area contributed by atoms with E-state index in [2.05, 4.69) is 41.5 Å². The fraction of sp³-hybridized carbons (Fsp3) is 1.00.